The zero-order valence-corrected chi connectivity index (χ0v) is 35.4. The molecule has 0 N–H and O–H groups in total. The molecule has 296 valence electrons. The van der Waals surface area contributed by atoms with Crippen molar-refractivity contribution in [2.24, 2.45) is 11.8 Å². The van der Waals surface area contributed by atoms with Crippen molar-refractivity contribution in [1.29, 1.82) is 0 Å². The topological polar surface area (TPSA) is 6.48 Å². The molecule has 0 heterocycles. The Hall–Kier alpha value is -6.38. The van der Waals surface area contributed by atoms with Gasteiger partial charge in [0.1, 0.15) is 0 Å². The Labute approximate surface area is 356 Å². The molecular formula is C58H54N2. The van der Waals surface area contributed by atoms with E-state index in [0.717, 1.165) is 24.2 Å². The molecular weight excluding hydrogens is 725 g/mol. The molecule has 2 aliphatic rings. The minimum atomic E-state index is -0.0811. The molecule has 2 nitrogen and oxygen atoms in total. The van der Waals surface area contributed by atoms with E-state index in [-0.39, 0.29) is 10.8 Å². The molecule has 60 heavy (non-hydrogen) atoms. The normalized spacial score (nSPS) is 17.9. The van der Waals surface area contributed by atoms with Gasteiger partial charge in [-0.15, -0.1) is 0 Å². The van der Waals surface area contributed by atoms with Crippen LogP contribution in [-0.2, 0) is 10.8 Å². The summed E-state index contributed by atoms with van der Waals surface area (Å²) in [5.41, 5.74) is 15.2. The largest absolute Gasteiger partial charge is 0.310 e. The average Bonchev–Trinajstić information content (AvgIpc) is 3.53. The van der Waals surface area contributed by atoms with Crippen molar-refractivity contribution >= 4 is 44.9 Å². The van der Waals surface area contributed by atoms with Gasteiger partial charge in [-0.25, -0.2) is 0 Å². The Morgan fingerprint density at radius 1 is 0.483 bits per heavy atom. The summed E-state index contributed by atoms with van der Waals surface area (Å²) in [6.07, 6.45) is 4.81. The van der Waals surface area contributed by atoms with Crippen LogP contribution >= 0.6 is 0 Å². The minimum absolute atomic E-state index is 0.0724. The fourth-order valence-electron chi connectivity index (χ4n) is 10.7. The molecule has 0 saturated heterocycles. The van der Waals surface area contributed by atoms with Gasteiger partial charge in [0.25, 0.3) is 0 Å². The molecule has 2 aliphatic carbocycles. The fourth-order valence-corrected chi connectivity index (χ4v) is 10.7. The predicted molar refractivity (Wildman–Crippen MR) is 255 cm³/mol. The van der Waals surface area contributed by atoms with Gasteiger partial charge in [-0.05, 0) is 130 Å². The predicted octanol–water partition coefficient (Wildman–Crippen LogP) is 16.2. The van der Waals surface area contributed by atoms with E-state index in [1.165, 1.54) is 79.7 Å². The van der Waals surface area contributed by atoms with Crippen LogP contribution in [0, 0.1) is 11.8 Å². The SMILES string of the molecule is CC(C)C1CCCC(c2ccc(N(c3ccccc3)c3ccc4c(c3)C(C)(C)c3ccccc3-4)cc2)(c2ccc(N(c3ccccc3)c3cccc4ccccc34)cc2)C1. The zero-order valence-electron chi connectivity index (χ0n) is 35.4. The van der Waals surface area contributed by atoms with Gasteiger partial charge in [0.2, 0.25) is 0 Å². The van der Waals surface area contributed by atoms with Crippen LogP contribution in [0.4, 0.5) is 34.1 Å². The van der Waals surface area contributed by atoms with Gasteiger partial charge in [0.05, 0.1) is 5.69 Å². The van der Waals surface area contributed by atoms with Gasteiger partial charge in [0, 0.05) is 44.7 Å². The second-order valence-corrected chi connectivity index (χ2v) is 18.0. The lowest BCUT2D eigenvalue weighted by Gasteiger charge is -2.44. The number of fused-ring (bicyclic) bond motifs is 4. The summed E-state index contributed by atoms with van der Waals surface area (Å²) in [6.45, 7) is 9.57. The molecule has 2 heteroatoms. The zero-order chi connectivity index (χ0) is 40.8. The third-order valence-electron chi connectivity index (χ3n) is 13.9. The maximum absolute atomic E-state index is 2.45. The van der Waals surface area contributed by atoms with E-state index in [0.29, 0.717) is 11.8 Å². The van der Waals surface area contributed by atoms with Gasteiger partial charge in [-0.2, -0.15) is 0 Å². The summed E-state index contributed by atoms with van der Waals surface area (Å²) < 4.78 is 0. The molecule has 0 spiro atoms. The summed E-state index contributed by atoms with van der Waals surface area (Å²) in [5, 5.41) is 2.49. The first-order chi connectivity index (χ1) is 29.3. The number of nitrogens with zero attached hydrogens (tertiary/aromatic N) is 2. The van der Waals surface area contributed by atoms with Crippen LogP contribution < -0.4 is 9.80 Å². The third kappa shape index (κ3) is 6.50. The molecule has 10 rings (SSSR count). The molecule has 0 radical (unpaired) electrons. The van der Waals surface area contributed by atoms with E-state index in [4.69, 9.17) is 0 Å². The Kier molecular flexibility index (Phi) is 9.68. The van der Waals surface area contributed by atoms with Gasteiger partial charge >= 0.3 is 0 Å². The summed E-state index contributed by atoms with van der Waals surface area (Å²) in [5.74, 6) is 1.29. The Balaban J connectivity index is 1.05. The van der Waals surface area contributed by atoms with Crippen molar-refractivity contribution in [1.82, 2.24) is 0 Å². The molecule has 0 bridgehead atoms. The quantitative estimate of drug-likeness (QED) is 0.144. The summed E-state index contributed by atoms with van der Waals surface area (Å²) >= 11 is 0. The first kappa shape index (κ1) is 37.9. The Morgan fingerprint density at radius 3 is 1.70 bits per heavy atom. The lowest BCUT2D eigenvalue weighted by molar-refractivity contribution is 0.207. The highest BCUT2D eigenvalue weighted by atomic mass is 15.1. The summed E-state index contributed by atoms with van der Waals surface area (Å²) in [6, 6.07) is 72.3. The van der Waals surface area contributed by atoms with Crippen LogP contribution in [0.3, 0.4) is 0 Å². The van der Waals surface area contributed by atoms with Crippen LogP contribution in [0.15, 0.2) is 194 Å². The highest BCUT2D eigenvalue weighted by Crippen LogP contribution is 2.52. The smallest absolute Gasteiger partial charge is 0.0540 e. The van der Waals surface area contributed by atoms with E-state index < -0.39 is 0 Å². The van der Waals surface area contributed by atoms with E-state index >= 15 is 0 Å². The third-order valence-corrected chi connectivity index (χ3v) is 13.9. The molecule has 0 aromatic heterocycles. The van der Waals surface area contributed by atoms with Crippen molar-refractivity contribution in [3.8, 4) is 11.1 Å². The lowest BCUT2D eigenvalue weighted by Crippen LogP contribution is -2.36. The Morgan fingerprint density at radius 2 is 1.02 bits per heavy atom. The molecule has 1 saturated carbocycles. The van der Waals surface area contributed by atoms with Crippen LogP contribution in [0.1, 0.15) is 75.6 Å². The number of hydrogen-bond donors (Lipinski definition) is 0. The molecule has 8 aromatic rings. The van der Waals surface area contributed by atoms with E-state index in [1.807, 2.05) is 0 Å². The van der Waals surface area contributed by atoms with Gasteiger partial charge < -0.3 is 9.80 Å². The van der Waals surface area contributed by atoms with Crippen molar-refractivity contribution in [2.75, 3.05) is 9.80 Å². The maximum Gasteiger partial charge on any atom is 0.0540 e. The van der Waals surface area contributed by atoms with Crippen LogP contribution in [-0.4, -0.2) is 0 Å². The highest BCUT2D eigenvalue weighted by molar-refractivity contribution is 5.99. The summed E-state index contributed by atoms with van der Waals surface area (Å²) in [7, 11) is 0. The first-order valence-corrected chi connectivity index (χ1v) is 22.0. The standard InChI is InChI=1S/C58H54N2/c1-41(2)43-19-16-38-58(40-43,45-30-34-49(35-31-45)60(47-22-9-6-10-23-47)56-27-15-18-42-17-11-12-24-51(42)56)44-28-32-48(33-29-44)59(46-20-7-5-8-21-46)50-36-37-53-52-25-13-14-26-54(52)57(3,4)55(53)39-50/h5-15,17-18,20-37,39,41,43H,16,19,38,40H2,1-4H3. The number of anilines is 6. The second kappa shape index (κ2) is 15.3. The first-order valence-electron chi connectivity index (χ1n) is 22.0. The maximum atomic E-state index is 2.45. The van der Waals surface area contributed by atoms with Crippen LogP contribution in [0.5, 0.6) is 0 Å². The van der Waals surface area contributed by atoms with E-state index in [1.54, 1.807) is 0 Å². The number of para-hydroxylation sites is 2. The van der Waals surface area contributed by atoms with Crippen molar-refractivity contribution in [3.63, 3.8) is 0 Å². The molecule has 1 fully saturated rings. The van der Waals surface area contributed by atoms with Crippen molar-refractivity contribution in [2.45, 2.75) is 64.2 Å². The van der Waals surface area contributed by atoms with Gasteiger partial charge in [-0.3, -0.25) is 0 Å². The fraction of sp³-hybridized carbons (Fsp3) is 0.207. The monoisotopic (exact) mass is 778 g/mol. The average molecular weight is 779 g/mol. The molecule has 2 unspecified atom stereocenters. The van der Waals surface area contributed by atoms with Crippen molar-refractivity contribution in [3.05, 3.63) is 216 Å². The summed E-state index contributed by atoms with van der Waals surface area (Å²) in [4.78, 5) is 4.86. The Bertz CT molecular complexity index is 2760. The molecule has 8 aromatic carbocycles. The number of benzene rings is 8. The van der Waals surface area contributed by atoms with E-state index in [2.05, 4.69) is 232 Å². The van der Waals surface area contributed by atoms with Crippen molar-refractivity contribution < 1.29 is 0 Å². The molecule has 0 amide bonds. The minimum Gasteiger partial charge on any atom is -0.310 e. The van der Waals surface area contributed by atoms with E-state index in [9.17, 15) is 0 Å². The molecule has 2 atom stereocenters. The van der Waals surface area contributed by atoms with Gasteiger partial charge in [-0.1, -0.05) is 168 Å². The lowest BCUT2D eigenvalue weighted by atomic mass is 9.60. The second-order valence-electron chi connectivity index (χ2n) is 18.0. The van der Waals surface area contributed by atoms with Crippen LogP contribution in [0.25, 0.3) is 21.9 Å². The highest BCUT2D eigenvalue weighted by Gasteiger charge is 2.41. The van der Waals surface area contributed by atoms with Gasteiger partial charge in [0.15, 0.2) is 0 Å². The number of hydrogen-bond acceptors (Lipinski definition) is 2. The number of rotatable bonds is 9. The molecule has 0 aliphatic heterocycles. The van der Waals surface area contributed by atoms with Crippen LogP contribution in [0.2, 0.25) is 0 Å².